The van der Waals surface area contributed by atoms with Gasteiger partial charge in [-0.05, 0) is 42.4 Å². The monoisotopic (exact) mass is 313 g/mol. The van der Waals surface area contributed by atoms with Crippen LogP contribution in [0.25, 0.3) is 0 Å². The van der Waals surface area contributed by atoms with Gasteiger partial charge in [-0.2, -0.15) is 0 Å². The molecule has 3 nitrogen and oxygen atoms in total. The van der Waals surface area contributed by atoms with Crippen LogP contribution < -0.4 is 5.32 Å². The number of carbonyl (C=O) groups excluding carboxylic acids is 1. The summed E-state index contributed by atoms with van der Waals surface area (Å²) < 4.78 is 0. The Labute approximate surface area is 134 Å². The Morgan fingerprint density at radius 3 is 2.95 bits per heavy atom. The second-order valence-electron chi connectivity index (χ2n) is 6.18. The average molecular weight is 313 g/mol. The molecule has 2 unspecified atom stereocenters. The standard InChI is InChI=1S/C18H19NO2S/c20-15-9-11-5-1-2-6-12(11)17(15)19-18(21)14-10-22-16-8-4-3-7-13(14)16/h1-2,5-6,10,15,17,20H,3-4,7-9H2,(H,19,21). The van der Waals surface area contributed by atoms with Gasteiger partial charge in [0.25, 0.3) is 5.91 Å². The molecule has 4 rings (SSSR count). The zero-order valence-corrected chi connectivity index (χ0v) is 13.2. The smallest absolute Gasteiger partial charge is 0.252 e. The van der Waals surface area contributed by atoms with Gasteiger partial charge in [0.15, 0.2) is 0 Å². The average Bonchev–Trinajstić information content (AvgIpc) is 3.09. The van der Waals surface area contributed by atoms with Crippen LogP contribution in [-0.4, -0.2) is 17.1 Å². The first-order valence-corrected chi connectivity index (χ1v) is 8.78. The fraction of sp³-hybridized carbons (Fsp3) is 0.389. The lowest BCUT2D eigenvalue weighted by Gasteiger charge is -2.19. The Morgan fingerprint density at radius 1 is 1.23 bits per heavy atom. The van der Waals surface area contributed by atoms with E-state index in [0.717, 1.165) is 29.5 Å². The molecule has 0 aliphatic heterocycles. The molecule has 2 atom stereocenters. The summed E-state index contributed by atoms with van der Waals surface area (Å²) in [6, 6.07) is 7.67. The third kappa shape index (κ3) is 2.27. The van der Waals surface area contributed by atoms with Crippen molar-refractivity contribution in [2.24, 2.45) is 0 Å². The van der Waals surface area contributed by atoms with Crippen LogP contribution in [0.2, 0.25) is 0 Å². The second-order valence-corrected chi connectivity index (χ2v) is 7.14. The van der Waals surface area contributed by atoms with Gasteiger partial charge in [0, 0.05) is 16.7 Å². The summed E-state index contributed by atoms with van der Waals surface area (Å²) in [6.45, 7) is 0. The highest BCUT2D eigenvalue weighted by atomic mass is 32.1. The van der Waals surface area contributed by atoms with E-state index in [2.05, 4.69) is 5.32 Å². The number of thiophene rings is 1. The van der Waals surface area contributed by atoms with E-state index in [4.69, 9.17) is 0 Å². The van der Waals surface area contributed by atoms with Crippen LogP contribution in [0.3, 0.4) is 0 Å². The summed E-state index contributed by atoms with van der Waals surface area (Å²) in [4.78, 5) is 14.0. The van der Waals surface area contributed by atoms with Crippen molar-refractivity contribution in [1.82, 2.24) is 5.32 Å². The van der Waals surface area contributed by atoms with Crippen LogP contribution in [0.5, 0.6) is 0 Å². The Bertz CT molecular complexity index is 722. The molecule has 2 aromatic rings. The maximum absolute atomic E-state index is 12.7. The summed E-state index contributed by atoms with van der Waals surface area (Å²) in [5.74, 6) is -0.0415. The van der Waals surface area contributed by atoms with Gasteiger partial charge in [-0.1, -0.05) is 24.3 Å². The zero-order valence-electron chi connectivity index (χ0n) is 12.3. The molecule has 2 N–H and O–H groups in total. The van der Waals surface area contributed by atoms with Gasteiger partial charge in [-0.15, -0.1) is 11.3 Å². The topological polar surface area (TPSA) is 49.3 Å². The van der Waals surface area contributed by atoms with Crippen molar-refractivity contribution < 1.29 is 9.90 Å². The van der Waals surface area contributed by atoms with Crippen LogP contribution in [0.4, 0.5) is 0 Å². The lowest BCUT2D eigenvalue weighted by Crippen LogP contribution is -2.34. The van der Waals surface area contributed by atoms with Crippen LogP contribution in [-0.2, 0) is 19.3 Å². The quantitative estimate of drug-likeness (QED) is 0.895. The molecule has 1 amide bonds. The van der Waals surface area contributed by atoms with E-state index in [1.165, 1.54) is 23.3 Å². The van der Waals surface area contributed by atoms with E-state index >= 15 is 0 Å². The number of carbonyl (C=O) groups is 1. The van der Waals surface area contributed by atoms with Crippen molar-refractivity contribution in [3.8, 4) is 0 Å². The zero-order chi connectivity index (χ0) is 15.1. The fourth-order valence-electron chi connectivity index (χ4n) is 3.65. The minimum Gasteiger partial charge on any atom is -0.390 e. The first-order chi connectivity index (χ1) is 10.7. The predicted molar refractivity (Wildman–Crippen MR) is 87.3 cm³/mol. The van der Waals surface area contributed by atoms with Gasteiger partial charge < -0.3 is 10.4 Å². The summed E-state index contributed by atoms with van der Waals surface area (Å²) in [5, 5.41) is 15.3. The van der Waals surface area contributed by atoms with Crippen molar-refractivity contribution >= 4 is 17.2 Å². The first kappa shape index (κ1) is 14.0. The molecule has 22 heavy (non-hydrogen) atoms. The molecule has 2 aliphatic rings. The molecule has 0 saturated heterocycles. The Hall–Kier alpha value is -1.65. The fourth-order valence-corrected chi connectivity index (χ4v) is 4.78. The van der Waals surface area contributed by atoms with Crippen LogP contribution in [0.1, 0.15) is 50.8 Å². The van der Waals surface area contributed by atoms with Crippen molar-refractivity contribution in [1.29, 1.82) is 0 Å². The third-order valence-corrected chi connectivity index (χ3v) is 5.89. The number of hydrogen-bond donors (Lipinski definition) is 2. The number of rotatable bonds is 2. The molecule has 1 aromatic carbocycles. The number of nitrogens with one attached hydrogen (secondary N) is 1. The van der Waals surface area contributed by atoms with E-state index in [0.29, 0.717) is 6.42 Å². The molecule has 0 bridgehead atoms. The number of fused-ring (bicyclic) bond motifs is 2. The largest absolute Gasteiger partial charge is 0.390 e. The van der Waals surface area contributed by atoms with Crippen LogP contribution in [0, 0.1) is 0 Å². The van der Waals surface area contributed by atoms with Crippen molar-refractivity contribution in [3.63, 3.8) is 0 Å². The lowest BCUT2D eigenvalue weighted by molar-refractivity contribution is 0.0857. The highest BCUT2D eigenvalue weighted by Gasteiger charge is 2.33. The molecule has 0 fully saturated rings. The SMILES string of the molecule is O=C(NC1c2ccccc2CC1O)c1csc2c1CCCC2. The van der Waals surface area contributed by atoms with Crippen molar-refractivity contribution in [2.45, 2.75) is 44.2 Å². The van der Waals surface area contributed by atoms with Crippen molar-refractivity contribution in [2.75, 3.05) is 0 Å². The summed E-state index contributed by atoms with van der Waals surface area (Å²) in [6.07, 6.45) is 4.58. The molecule has 114 valence electrons. The van der Waals surface area contributed by atoms with Gasteiger partial charge in [0.05, 0.1) is 17.7 Å². The van der Waals surface area contributed by atoms with Gasteiger partial charge >= 0.3 is 0 Å². The molecule has 0 radical (unpaired) electrons. The molecule has 4 heteroatoms. The normalized spacial score (nSPS) is 23.0. The molecule has 0 spiro atoms. The minimum absolute atomic E-state index is 0.0415. The number of benzene rings is 1. The molecule has 0 saturated carbocycles. The number of aliphatic hydroxyl groups is 1. The Kier molecular flexibility index (Phi) is 3.51. The minimum atomic E-state index is -0.532. The maximum Gasteiger partial charge on any atom is 0.252 e. The number of amides is 1. The van der Waals surface area contributed by atoms with E-state index in [9.17, 15) is 9.90 Å². The van der Waals surface area contributed by atoms with E-state index in [1.54, 1.807) is 11.3 Å². The summed E-state index contributed by atoms with van der Waals surface area (Å²) >= 11 is 1.70. The molecule has 2 aliphatic carbocycles. The summed E-state index contributed by atoms with van der Waals surface area (Å²) in [7, 11) is 0. The van der Waals surface area contributed by atoms with E-state index in [1.807, 2.05) is 29.6 Å². The highest BCUT2D eigenvalue weighted by Crippen LogP contribution is 2.33. The predicted octanol–water partition coefficient (Wildman–Crippen LogP) is 3.02. The van der Waals surface area contributed by atoms with E-state index < -0.39 is 6.10 Å². The highest BCUT2D eigenvalue weighted by molar-refractivity contribution is 7.10. The Morgan fingerprint density at radius 2 is 2.05 bits per heavy atom. The second kappa shape index (κ2) is 5.52. The van der Waals surface area contributed by atoms with Gasteiger partial charge in [-0.25, -0.2) is 0 Å². The van der Waals surface area contributed by atoms with Crippen LogP contribution in [0.15, 0.2) is 29.6 Å². The molecule has 1 aromatic heterocycles. The number of aryl methyl sites for hydroxylation is 1. The molecule has 1 heterocycles. The molecular formula is C18H19NO2S. The first-order valence-electron chi connectivity index (χ1n) is 7.90. The number of hydrogen-bond acceptors (Lipinski definition) is 3. The molecular weight excluding hydrogens is 294 g/mol. The van der Waals surface area contributed by atoms with Gasteiger partial charge in [0.2, 0.25) is 0 Å². The van der Waals surface area contributed by atoms with Crippen molar-refractivity contribution in [3.05, 3.63) is 56.8 Å². The van der Waals surface area contributed by atoms with Gasteiger partial charge in [-0.3, -0.25) is 4.79 Å². The maximum atomic E-state index is 12.7. The van der Waals surface area contributed by atoms with Gasteiger partial charge in [0.1, 0.15) is 0 Å². The third-order valence-electron chi connectivity index (χ3n) is 4.80. The lowest BCUT2D eigenvalue weighted by atomic mass is 9.95. The Balaban J connectivity index is 1.59. The summed E-state index contributed by atoms with van der Waals surface area (Å²) in [5.41, 5.74) is 4.23. The van der Waals surface area contributed by atoms with E-state index in [-0.39, 0.29) is 11.9 Å². The number of aliphatic hydroxyl groups excluding tert-OH is 1. The van der Waals surface area contributed by atoms with Crippen LogP contribution >= 0.6 is 11.3 Å².